The highest BCUT2D eigenvalue weighted by Gasteiger charge is 2.16. The summed E-state index contributed by atoms with van der Waals surface area (Å²) in [5.74, 6) is -0.973. The third kappa shape index (κ3) is 4.40. The van der Waals surface area contributed by atoms with Crippen LogP contribution in [0.15, 0.2) is 73.2 Å². The molecule has 0 fully saturated rings. The number of hydrogen-bond donors (Lipinski definition) is 2. The Hall–Kier alpha value is -4.13. The Kier molecular flexibility index (Phi) is 5.66. The Balaban J connectivity index is 1.60. The molecule has 154 valence electrons. The number of nitrogens with two attached hydrogens (primary N) is 1. The summed E-state index contributed by atoms with van der Waals surface area (Å²) in [6.07, 6.45) is 4.97. The number of aromatic nitrogens is 3. The zero-order valence-corrected chi connectivity index (χ0v) is 16.8. The summed E-state index contributed by atoms with van der Waals surface area (Å²) in [6.45, 7) is 2.23. The van der Waals surface area contributed by atoms with E-state index < -0.39 is 11.7 Å². The quantitative estimate of drug-likeness (QED) is 0.512. The monoisotopic (exact) mass is 413 g/mol. The summed E-state index contributed by atoms with van der Waals surface area (Å²) < 4.78 is 14.8. The number of carbonyl (C=O) groups is 1. The van der Waals surface area contributed by atoms with E-state index in [2.05, 4.69) is 20.3 Å². The molecule has 0 spiro atoms. The molecule has 4 rings (SSSR count). The van der Waals surface area contributed by atoms with Crippen molar-refractivity contribution < 1.29 is 9.18 Å². The van der Waals surface area contributed by atoms with Gasteiger partial charge in [0.15, 0.2) is 0 Å². The molecular formula is C24H20FN5O. The van der Waals surface area contributed by atoms with E-state index in [1.807, 2.05) is 43.3 Å². The van der Waals surface area contributed by atoms with Crippen molar-refractivity contribution in [3.05, 3.63) is 95.7 Å². The molecule has 7 heteroatoms. The highest BCUT2D eigenvalue weighted by atomic mass is 19.1. The Morgan fingerprint density at radius 3 is 2.65 bits per heavy atom. The van der Waals surface area contributed by atoms with Crippen LogP contribution in [0.25, 0.3) is 22.5 Å². The van der Waals surface area contributed by atoms with Gasteiger partial charge in [-0.05, 0) is 36.2 Å². The number of nitrogen functional groups attached to an aromatic ring is 1. The van der Waals surface area contributed by atoms with Crippen LogP contribution in [-0.4, -0.2) is 20.9 Å². The maximum absolute atomic E-state index is 14.8. The van der Waals surface area contributed by atoms with Gasteiger partial charge in [-0.3, -0.25) is 9.78 Å². The van der Waals surface area contributed by atoms with Crippen molar-refractivity contribution in [1.82, 2.24) is 20.3 Å². The van der Waals surface area contributed by atoms with Crippen molar-refractivity contribution in [3.8, 4) is 22.5 Å². The first-order valence-electron chi connectivity index (χ1n) is 9.68. The molecule has 3 N–H and O–H groups in total. The van der Waals surface area contributed by atoms with E-state index in [0.29, 0.717) is 23.5 Å². The summed E-state index contributed by atoms with van der Waals surface area (Å²) >= 11 is 0. The van der Waals surface area contributed by atoms with E-state index in [9.17, 15) is 9.18 Å². The van der Waals surface area contributed by atoms with Gasteiger partial charge in [0.2, 0.25) is 0 Å². The number of amides is 1. The van der Waals surface area contributed by atoms with Crippen molar-refractivity contribution in [3.63, 3.8) is 0 Å². The third-order valence-corrected chi connectivity index (χ3v) is 4.88. The smallest absolute Gasteiger partial charge is 0.254 e. The molecule has 0 atom stereocenters. The van der Waals surface area contributed by atoms with Crippen molar-refractivity contribution in [2.75, 3.05) is 5.73 Å². The van der Waals surface area contributed by atoms with Crippen LogP contribution in [0.2, 0.25) is 0 Å². The van der Waals surface area contributed by atoms with Gasteiger partial charge in [0, 0.05) is 30.1 Å². The van der Waals surface area contributed by atoms with Crippen molar-refractivity contribution in [1.29, 1.82) is 0 Å². The Bertz CT molecular complexity index is 1240. The second kappa shape index (κ2) is 8.71. The Morgan fingerprint density at radius 2 is 1.90 bits per heavy atom. The maximum Gasteiger partial charge on any atom is 0.254 e. The molecule has 6 nitrogen and oxygen atoms in total. The zero-order chi connectivity index (χ0) is 21.8. The minimum Gasteiger partial charge on any atom is -0.382 e. The average molecular weight is 413 g/mol. The number of nitrogens with zero attached hydrogens (tertiary/aromatic N) is 3. The number of carbonyl (C=O) groups excluding carboxylic acids is 1. The van der Waals surface area contributed by atoms with Crippen LogP contribution in [0, 0.1) is 12.7 Å². The number of halogens is 1. The molecular weight excluding hydrogens is 393 g/mol. The van der Waals surface area contributed by atoms with Gasteiger partial charge >= 0.3 is 0 Å². The number of benzene rings is 2. The van der Waals surface area contributed by atoms with Crippen molar-refractivity contribution in [2.24, 2.45) is 0 Å². The molecule has 2 heterocycles. The molecule has 0 saturated carbocycles. The third-order valence-electron chi connectivity index (χ3n) is 4.88. The molecule has 0 aliphatic carbocycles. The highest BCUT2D eigenvalue weighted by Crippen LogP contribution is 2.28. The van der Waals surface area contributed by atoms with Gasteiger partial charge in [-0.25, -0.2) is 14.4 Å². The van der Waals surface area contributed by atoms with E-state index in [4.69, 9.17) is 5.73 Å². The van der Waals surface area contributed by atoms with Gasteiger partial charge in [0.05, 0.1) is 17.5 Å². The summed E-state index contributed by atoms with van der Waals surface area (Å²) in [5, 5.41) is 2.73. The van der Waals surface area contributed by atoms with E-state index in [0.717, 1.165) is 16.7 Å². The Morgan fingerprint density at radius 1 is 1.10 bits per heavy atom. The summed E-state index contributed by atoms with van der Waals surface area (Å²) in [7, 11) is 0. The first-order chi connectivity index (χ1) is 15.0. The predicted molar refractivity (Wildman–Crippen MR) is 117 cm³/mol. The molecule has 0 aliphatic rings. The fourth-order valence-electron chi connectivity index (χ4n) is 3.22. The van der Waals surface area contributed by atoms with Crippen LogP contribution in [0.3, 0.4) is 0 Å². The molecule has 31 heavy (non-hydrogen) atoms. The molecule has 0 saturated heterocycles. The molecule has 0 radical (unpaired) electrons. The number of rotatable bonds is 5. The van der Waals surface area contributed by atoms with Crippen LogP contribution in [-0.2, 0) is 6.54 Å². The minimum absolute atomic E-state index is 0.0488. The maximum atomic E-state index is 14.8. The summed E-state index contributed by atoms with van der Waals surface area (Å²) in [4.78, 5) is 25.3. The van der Waals surface area contributed by atoms with Crippen molar-refractivity contribution >= 4 is 11.7 Å². The molecule has 1 amide bonds. The number of hydrogen-bond acceptors (Lipinski definition) is 5. The molecule has 4 aromatic rings. The Labute approximate surface area is 179 Å². The second-order valence-corrected chi connectivity index (χ2v) is 7.04. The number of nitrogens with one attached hydrogen (secondary N) is 1. The number of pyridine rings is 1. The molecule has 2 aromatic heterocycles. The van der Waals surface area contributed by atoms with Crippen LogP contribution in [0.1, 0.15) is 21.5 Å². The number of aryl methyl sites for hydroxylation is 1. The molecule has 2 aromatic carbocycles. The normalized spacial score (nSPS) is 10.6. The lowest BCUT2D eigenvalue weighted by Gasteiger charge is -2.11. The summed E-state index contributed by atoms with van der Waals surface area (Å²) in [5.41, 5.74) is 10.1. The average Bonchev–Trinajstić information content (AvgIpc) is 2.79. The first kappa shape index (κ1) is 20.2. The lowest BCUT2D eigenvalue weighted by molar-refractivity contribution is 0.0947. The number of anilines is 1. The van der Waals surface area contributed by atoms with Gasteiger partial charge < -0.3 is 11.1 Å². The minimum atomic E-state index is -0.658. The molecule has 0 aliphatic heterocycles. The molecule has 0 unspecified atom stereocenters. The summed E-state index contributed by atoms with van der Waals surface area (Å²) in [6, 6.07) is 15.6. The SMILES string of the molecule is Cc1cnccc1-c1cnc(N)c(-c2ccc(C(=O)NCc3ccccc3)c(F)c2)n1. The van der Waals surface area contributed by atoms with E-state index in [1.54, 1.807) is 24.7 Å². The van der Waals surface area contributed by atoms with Crippen LogP contribution < -0.4 is 11.1 Å². The van der Waals surface area contributed by atoms with Crippen LogP contribution in [0.5, 0.6) is 0 Å². The fraction of sp³-hybridized carbons (Fsp3) is 0.0833. The fourth-order valence-corrected chi connectivity index (χ4v) is 3.22. The predicted octanol–water partition coefficient (Wildman–Crippen LogP) is 4.17. The van der Waals surface area contributed by atoms with E-state index in [1.165, 1.54) is 12.1 Å². The lowest BCUT2D eigenvalue weighted by atomic mass is 10.1. The van der Waals surface area contributed by atoms with Gasteiger partial charge in [0.1, 0.15) is 17.3 Å². The second-order valence-electron chi connectivity index (χ2n) is 7.04. The lowest BCUT2D eigenvalue weighted by Crippen LogP contribution is -2.23. The van der Waals surface area contributed by atoms with Gasteiger partial charge in [-0.1, -0.05) is 36.4 Å². The standard InChI is InChI=1S/C24H20FN5O/c1-15-12-27-10-9-18(15)21-14-28-23(26)22(30-21)17-7-8-19(20(25)11-17)24(31)29-13-16-5-3-2-4-6-16/h2-12,14H,13H2,1H3,(H2,26,28)(H,29,31). The van der Waals surface area contributed by atoms with E-state index in [-0.39, 0.29) is 11.4 Å². The van der Waals surface area contributed by atoms with Gasteiger partial charge in [0.25, 0.3) is 5.91 Å². The van der Waals surface area contributed by atoms with Gasteiger partial charge in [-0.15, -0.1) is 0 Å². The highest BCUT2D eigenvalue weighted by molar-refractivity contribution is 5.95. The zero-order valence-electron chi connectivity index (χ0n) is 16.8. The largest absolute Gasteiger partial charge is 0.382 e. The van der Waals surface area contributed by atoms with Crippen LogP contribution in [0.4, 0.5) is 10.2 Å². The van der Waals surface area contributed by atoms with Crippen molar-refractivity contribution in [2.45, 2.75) is 13.5 Å². The van der Waals surface area contributed by atoms with Gasteiger partial charge in [-0.2, -0.15) is 0 Å². The topological polar surface area (TPSA) is 93.8 Å². The molecule has 0 bridgehead atoms. The van der Waals surface area contributed by atoms with Crippen LogP contribution >= 0.6 is 0 Å². The van der Waals surface area contributed by atoms with E-state index >= 15 is 0 Å². The first-order valence-corrected chi connectivity index (χ1v) is 9.68.